The van der Waals surface area contributed by atoms with Gasteiger partial charge in [0.05, 0.1) is 27.0 Å². The number of nitrogens with one attached hydrogen (secondary N) is 2. The van der Waals surface area contributed by atoms with E-state index in [9.17, 15) is 14.7 Å². The summed E-state index contributed by atoms with van der Waals surface area (Å²) in [7, 11) is 0. The van der Waals surface area contributed by atoms with Crippen LogP contribution in [0.1, 0.15) is 39.4 Å². The molecular weight excluding hydrogens is 427 g/mol. The molecule has 2 heterocycles. The van der Waals surface area contributed by atoms with Crippen LogP contribution < -0.4 is 16.0 Å². The molecule has 1 amide bonds. The van der Waals surface area contributed by atoms with Gasteiger partial charge < -0.3 is 26.0 Å². The Balaban J connectivity index is 0.00000280. The summed E-state index contributed by atoms with van der Waals surface area (Å²) >= 11 is 12.2. The number of carboxylic acid groups (broad SMARTS) is 1. The highest BCUT2D eigenvalue weighted by Gasteiger charge is 2.23. The van der Waals surface area contributed by atoms with Crippen molar-refractivity contribution >= 4 is 58.9 Å². The molecule has 152 valence electrons. The van der Waals surface area contributed by atoms with E-state index in [0.29, 0.717) is 28.6 Å². The number of aromatic amines is 1. The number of piperidine rings is 1. The van der Waals surface area contributed by atoms with Crippen molar-refractivity contribution in [3.8, 4) is 0 Å². The number of amides is 1. The van der Waals surface area contributed by atoms with E-state index in [1.165, 1.54) is 6.07 Å². The standard InChI is InChI=1S/C18H20Cl2N4O3.ClH/c1-9-14(19)15(20)16(22-9)17(25)23-12-5-4-10(18(26)27)7-13(12)24-6-2-3-11(21)8-24;/h4-5,7,11,22H,2-3,6,8,21H2,1H3,(H,23,25)(H,26,27);1H/t11-;/m0./s1. The van der Waals surface area contributed by atoms with Crippen LogP contribution in [-0.2, 0) is 0 Å². The molecule has 1 aliphatic heterocycles. The Morgan fingerprint density at radius 1 is 1.32 bits per heavy atom. The average Bonchev–Trinajstić information content (AvgIpc) is 2.89. The number of nitrogens with two attached hydrogens (primary N) is 1. The number of carbonyl (C=O) groups is 2. The molecule has 1 aromatic heterocycles. The van der Waals surface area contributed by atoms with E-state index >= 15 is 0 Å². The summed E-state index contributed by atoms with van der Waals surface area (Å²) in [6.07, 6.45) is 1.80. The molecule has 7 nitrogen and oxygen atoms in total. The molecule has 1 saturated heterocycles. The number of rotatable bonds is 4. The van der Waals surface area contributed by atoms with E-state index in [1.54, 1.807) is 19.1 Å². The first-order chi connectivity index (χ1) is 12.8. The molecule has 28 heavy (non-hydrogen) atoms. The van der Waals surface area contributed by atoms with Gasteiger partial charge in [0.25, 0.3) is 5.91 Å². The molecule has 10 heteroatoms. The molecule has 0 unspecified atom stereocenters. The van der Waals surface area contributed by atoms with E-state index in [-0.39, 0.29) is 34.7 Å². The monoisotopic (exact) mass is 446 g/mol. The normalized spacial score (nSPS) is 16.4. The maximum Gasteiger partial charge on any atom is 0.335 e. The summed E-state index contributed by atoms with van der Waals surface area (Å²) in [5.74, 6) is -1.49. The molecule has 0 bridgehead atoms. The molecular formula is C18H21Cl3N4O3. The van der Waals surface area contributed by atoms with Crippen LogP contribution in [0.3, 0.4) is 0 Å². The van der Waals surface area contributed by atoms with Gasteiger partial charge in [-0.3, -0.25) is 4.79 Å². The highest BCUT2D eigenvalue weighted by Crippen LogP contribution is 2.33. The van der Waals surface area contributed by atoms with Gasteiger partial charge in [-0.15, -0.1) is 12.4 Å². The first-order valence-electron chi connectivity index (χ1n) is 8.50. The molecule has 2 aromatic rings. The summed E-state index contributed by atoms with van der Waals surface area (Å²) < 4.78 is 0. The molecule has 0 spiro atoms. The Kier molecular flexibility index (Phi) is 7.22. The van der Waals surface area contributed by atoms with Crippen LogP contribution in [0.5, 0.6) is 0 Å². The molecule has 0 saturated carbocycles. The molecule has 5 N–H and O–H groups in total. The Hall–Kier alpha value is -1.93. The van der Waals surface area contributed by atoms with Crippen LogP contribution in [0.2, 0.25) is 10.0 Å². The van der Waals surface area contributed by atoms with Gasteiger partial charge in [-0.2, -0.15) is 0 Å². The fraction of sp³-hybridized carbons (Fsp3) is 0.333. The fourth-order valence-electron chi connectivity index (χ4n) is 3.17. The van der Waals surface area contributed by atoms with Gasteiger partial charge in [0.1, 0.15) is 5.69 Å². The van der Waals surface area contributed by atoms with Crippen LogP contribution in [0, 0.1) is 6.92 Å². The smallest absolute Gasteiger partial charge is 0.335 e. The first-order valence-corrected chi connectivity index (χ1v) is 9.26. The Labute approximate surface area is 178 Å². The molecule has 0 radical (unpaired) electrons. The number of nitrogens with zero attached hydrogens (tertiary/aromatic N) is 1. The van der Waals surface area contributed by atoms with Crippen molar-refractivity contribution in [1.29, 1.82) is 0 Å². The van der Waals surface area contributed by atoms with Crippen LogP contribution in [-0.4, -0.2) is 41.1 Å². The van der Waals surface area contributed by atoms with Crippen molar-refractivity contribution in [3.63, 3.8) is 0 Å². The third kappa shape index (κ3) is 4.55. The number of carboxylic acids is 1. The highest BCUT2D eigenvalue weighted by atomic mass is 35.5. The second-order valence-electron chi connectivity index (χ2n) is 6.59. The number of anilines is 2. The number of hydrogen-bond acceptors (Lipinski definition) is 4. The lowest BCUT2D eigenvalue weighted by molar-refractivity contribution is 0.0696. The average molecular weight is 448 g/mol. The minimum atomic E-state index is -1.04. The summed E-state index contributed by atoms with van der Waals surface area (Å²) in [5, 5.41) is 12.6. The van der Waals surface area contributed by atoms with Crippen molar-refractivity contribution in [2.24, 2.45) is 5.73 Å². The predicted octanol–water partition coefficient (Wildman–Crippen LogP) is 3.93. The van der Waals surface area contributed by atoms with E-state index in [1.807, 2.05) is 4.90 Å². The van der Waals surface area contributed by atoms with Crippen LogP contribution in [0.15, 0.2) is 18.2 Å². The molecule has 1 fully saturated rings. The lowest BCUT2D eigenvalue weighted by atomic mass is 10.0. The number of H-pyrrole nitrogens is 1. The van der Waals surface area contributed by atoms with Gasteiger partial charge >= 0.3 is 5.97 Å². The predicted molar refractivity (Wildman–Crippen MR) is 114 cm³/mol. The Morgan fingerprint density at radius 2 is 2.04 bits per heavy atom. The lowest BCUT2D eigenvalue weighted by Crippen LogP contribution is -2.43. The molecule has 3 rings (SSSR count). The third-order valence-corrected chi connectivity index (χ3v) is 5.52. The quantitative estimate of drug-likeness (QED) is 0.567. The third-order valence-electron chi connectivity index (χ3n) is 4.57. The van der Waals surface area contributed by atoms with E-state index in [4.69, 9.17) is 28.9 Å². The van der Waals surface area contributed by atoms with Gasteiger partial charge in [-0.05, 0) is 38.0 Å². The maximum absolute atomic E-state index is 12.7. The zero-order valence-electron chi connectivity index (χ0n) is 15.1. The number of aryl methyl sites for hydroxylation is 1. The highest BCUT2D eigenvalue weighted by molar-refractivity contribution is 6.44. The number of aromatic nitrogens is 1. The molecule has 1 aromatic carbocycles. The summed E-state index contributed by atoms with van der Waals surface area (Å²) in [4.78, 5) is 28.9. The van der Waals surface area contributed by atoms with Gasteiger partial charge in [-0.1, -0.05) is 23.2 Å². The van der Waals surface area contributed by atoms with E-state index in [0.717, 1.165) is 19.4 Å². The maximum atomic E-state index is 12.7. The van der Waals surface area contributed by atoms with Gasteiger partial charge in [0, 0.05) is 24.8 Å². The first kappa shape index (κ1) is 22.4. The molecule has 0 aliphatic carbocycles. The number of benzene rings is 1. The summed E-state index contributed by atoms with van der Waals surface area (Å²) in [6.45, 7) is 3.03. The van der Waals surface area contributed by atoms with E-state index in [2.05, 4.69) is 10.3 Å². The largest absolute Gasteiger partial charge is 0.478 e. The van der Waals surface area contributed by atoms with E-state index < -0.39 is 11.9 Å². The van der Waals surface area contributed by atoms with Crippen molar-refractivity contribution < 1.29 is 14.7 Å². The van der Waals surface area contributed by atoms with Gasteiger partial charge in [0.2, 0.25) is 0 Å². The number of aromatic carboxylic acids is 1. The second-order valence-corrected chi connectivity index (χ2v) is 7.35. The Morgan fingerprint density at radius 3 is 2.61 bits per heavy atom. The number of halogens is 3. The topological polar surface area (TPSA) is 111 Å². The molecule has 1 aliphatic rings. The zero-order valence-corrected chi connectivity index (χ0v) is 17.4. The van der Waals surface area contributed by atoms with Crippen molar-refractivity contribution in [2.45, 2.75) is 25.8 Å². The van der Waals surface area contributed by atoms with Crippen LogP contribution in [0.4, 0.5) is 11.4 Å². The number of carbonyl (C=O) groups excluding carboxylic acids is 1. The lowest BCUT2D eigenvalue weighted by Gasteiger charge is -2.34. The molecule has 1 atom stereocenters. The van der Waals surface area contributed by atoms with Crippen LogP contribution >= 0.6 is 35.6 Å². The minimum absolute atomic E-state index is 0. The van der Waals surface area contributed by atoms with Crippen molar-refractivity contribution in [1.82, 2.24) is 4.98 Å². The summed E-state index contributed by atoms with van der Waals surface area (Å²) in [5.41, 5.74) is 8.05. The van der Waals surface area contributed by atoms with Crippen molar-refractivity contribution in [2.75, 3.05) is 23.3 Å². The zero-order chi connectivity index (χ0) is 19.7. The van der Waals surface area contributed by atoms with Crippen LogP contribution in [0.25, 0.3) is 0 Å². The number of hydrogen-bond donors (Lipinski definition) is 4. The Bertz CT molecular complexity index is 900. The SMILES string of the molecule is Cc1[nH]c(C(=O)Nc2ccc(C(=O)O)cc2N2CCC[C@H](N)C2)c(Cl)c1Cl.Cl. The summed E-state index contributed by atoms with van der Waals surface area (Å²) in [6, 6.07) is 4.56. The van der Waals surface area contributed by atoms with Crippen molar-refractivity contribution in [3.05, 3.63) is 45.2 Å². The van der Waals surface area contributed by atoms with Gasteiger partial charge in [-0.25, -0.2) is 4.79 Å². The van der Waals surface area contributed by atoms with Gasteiger partial charge in [0.15, 0.2) is 0 Å². The minimum Gasteiger partial charge on any atom is -0.478 e. The second kappa shape index (κ2) is 9.05. The fourth-order valence-corrected chi connectivity index (χ4v) is 3.59.